The predicted molar refractivity (Wildman–Crippen MR) is 135 cm³/mol. The minimum absolute atomic E-state index is 0.0126. The molecule has 1 atom stereocenters. The number of nitrogens with one attached hydrogen (secondary N) is 1. The maximum atomic E-state index is 13.6. The summed E-state index contributed by atoms with van der Waals surface area (Å²) in [6.45, 7) is 4.12. The van der Waals surface area contributed by atoms with Crippen molar-refractivity contribution in [2.75, 3.05) is 26.6 Å². The first-order valence-electron chi connectivity index (χ1n) is 11.7. The minimum atomic E-state index is -0.635. The van der Waals surface area contributed by atoms with Gasteiger partial charge in [-0.25, -0.2) is 4.68 Å². The van der Waals surface area contributed by atoms with E-state index < -0.39 is 11.0 Å². The Labute approximate surface area is 213 Å². The zero-order valence-corrected chi connectivity index (χ0v) is 21.2. The van der Waals surface area contributed by atoms with Crippen molar-refractivity contribution in [2.24, 2.45) is 5.41 Å². The standard InChI is InChI=1S/C26H27N5O6/c1-26(2)12-17-22(18(32)13-26)23(16-10-20(36-4)21(37-5)11-19(16)35-3)30-25(27-17)28-24(29-30)14-6-8-15(9-7-14)31(33)34/h6-11,23H,12-13H2,1-5H3,(H,27,28,29). The molecule has 1 unspecified atom stereocenters. The Kier molecular flexibility index (Phi) is 5.85. The van der Waals surface area contributed by atoms with Gasteiger partial charge in [0.05, 0.1) is 26.3 Å². The number of benzene rings is 2. The SMILES string of the molecule is COc1cc(OC)c(C2C3=C(CC(C)(C)CC3=O)Nc3nc(-c4ccc([N+](=O)[O-])cc4)nn32)cc1OC. The van der Waals surface area contributed by atoms with E-state index in [-0.39, 0.29) is 16.9 Å². The summed E-state index contributed by atoms with van der Waals surface area (Å²) in [7, 11) is 4.64. The van der Waals surface area contributed by atoms with Gasteiger partial charge < -0.3 is 19.5 Å². The Morgan fingerprint density at radius 1 is 1.03 bits per heavy atom. The molecule has 1 aliphatic heterocycles. The van der Waals surface area contributed by atoms with E-state index in [1.807, 2.05) is 0 Å². The van der Waals surface area contributed by atoms with Gasteiger partial charge in [0, 0.05) is 47.0 Å². The van der Waals surface area contributed by atoms with Crippen molar-refractivity contribution < 1.29 is 23.9 Å². The van der Waals surface area contributed by atoms with Crippen molar-refractivity contribution >= 4 is 17.4 Å². The number of fused-ring (bicyclic) bond motifs is 1. The van der Waals surface area contributed by atoms with Crippen LogP contribution in [0.15, 0.2) is 47.7 Å². The van der Waals surface area contributed by atoms with Gasteiger partial charge in [0.2, 0.25) is 5.95 Å². The van der Waals surface area contributed by atoms with Gasteiger partial charge in [-0.3, -0.25) is 14.9 Å². The van der Waals surface area contributed by atoms with Crippen molar-refractivity contribution in [3.05, 3.63) is 63.3 Å². The number of ether oxygens (including phenoxy) is 3. The quantitative estimate of drug-likeness (QED) is 0.379. The van der Waals surface area contributed by atoms with Crippen LogP contribution in [-0.2, 0) is 4.79 Å². The van der Waals surface area contributed by atoms with Crippen molar-refractivity contribution in [1.82, 2.24) is 14.8 Å². The summed E-state index contributed by atoms with van der Waals surface area (Å²) in [4.78, 5) is 28.9. The summed E-state index contributed by atoms with van der Waals surface area (Å²) in [6.07, 6.45) is 1.04. The summed E-state index contributed by atoms with van der Waals surface area (Å²) in [5.41, 5.74) is 2.42. The van der Waals surface area contributed by atoms with Gasteiger partial charge in [-0.05, 0) is 30.0 Å². The molecule has 0 amide bonds. The highest BCUT2D eigenvalue weighted by atomic mass is 16.6. The molecule has 37 heavy (non-hydrogen) atoms. The highest BCUT2D eigenvalue weighted by Gasteiger charge is 2.43. The first-order chi connectivity index (χ1) is 17.7. The number of anilines is 1. The molecule has 5 rings (SSSR count). The Balaban J connectivity index is 1.71. The molecular weight excluding hydrogens is 478 g/mol. The van der Waals surface area contributed by atoms with Crippen LogP contribution in [0.25, 0.3) is 11.4 Å². The van der Waals surface area contributed by atoms with Crippen LogP contribution >= 0.6 is 0 Å². The van der Waals surface area contributed by atoms with Gasteiger partial charge in [0.15, 0.2) is 23.1 Å². The topological polar surface area (TPSA) is 131 Å². The number of carbonyl (C=O) groups excluding carboxylic acids is 1. The van der Waals surface area contributed by atoms with E-state index in [0.717, 1.165) is 5.70 Å². The number of nitrogens with zero attached hydrogens (tertiary/aromatic N) is 4. The second-order valence-electron chi connectivity index (χ2n) is 9.82. The Morgan fingerprint density at radius 3 is 2.30 bits per heavy atom. The number of hydrogen-bond acceptors (Lipinski definition) is 9. The lowest BCUT2D eigenvalue weighted by atomic mass is 9.73. The molecule has 0 saturated carbocycles. The van der Waals surface area contributed by atoms with Crippen molar-refractivity contribution in [3.63, 3.8) is 0 Å². The van der Waals surface area contributed by atoms with Gasteiger partial charge in [-0.2, -0.15) is 4.98 Å². The predicted octanol–water partition coefficient (Wildman–Crippen LogP) is 4.54. The van der Waals surface area contributed by atoms with Gasteiger partial charge in [-0.1, -0.05) is 13.8 Å². The number of methoxy groups -OCH3 is 3. The van der Waals surface area contributed by atoms with E-state index in [2.05, 4.69) is 19.2 Å². The number of nitro benzene ring substituents is 1. The van der Waals surface area contributed by atoms with E-state index in [0.29, 0.717) is 58.6 Å². The zero-order chi connectivity index (χ0) is 26.5. The number of Topliss-reactive ketones (excluding diaryl/α,β-unsaturated/α-hetero) is 1. The molecule has 1 aliphatic carbocycles. The number of carbonyl (C=O) groups is 1. The van der Waals surface area contributed by atoms with Crippen LogP contribution < -0.4 is 19.5 Å². The minimum Gasteiger partial charge on any atom is -0.496 e. The van der Waals surface area contributed by atoms with Gasteiger partial charge in [0.1, 0.15) is 11.8 Å². The van der Waals surface area contributed by atoms with Crippen LogP contribution in [0.2, 0.25) is 0 Å². The fourth-order valence-corrected chi connectivity index (χ4v) is 5.02. The third-order valence-electron chi connectivity index (χ3n) is 6.70. The van der Waals surface area contributed by atoms with E-state index in [1.54, 1.807) is 50.3 Å². The third-order valence-corrected chi connectivity index (χ3v) is 6.70. The molecule has 11 nitrogen and oxygen atoms in total. The Hall–Kier alpha value is -4.41. The van der Waals surface area contributed by atoms with Crippen molar-refractivity contribution in [1.29, 1.82) is 0 Å². The van der Waals surface area contributed by atoms with Crippen LogP contribution in [0.5, 0.6) is 17.2 Å². The van der Waals surface area contributed by atoms with Gasteiger partial charge in [0.25, 0.3) is 5.69 Å². The molecule has 0 saturated heterocycles. The average Bonchev–Trinajstić information content (AvgIpc) is 3.29. The van der Waals surface area contributed by atoms with Crippen LogP contribution in [0.3, 0.4) is 0 Å². The van der Waals surface area contributed by atoms with Crippen molar-refractivity contribution in [2.45, 2.75) is 32.7 Å². The summed E-state index contributed by atoms with van der Waals surface area (Å²) < 4.78 is 18.4. The van der Waals surface area contributed by atoms with E-state index in [1.165, 1.54) is 12.1 Å². The smallest absolute Gasteiger partial charge is 0.269 e. The first kappa shape index (κ1) is 24.3. The zero-order valence-electron chi connectivity index (χ0n) is 21.2. The van der Waals surface area contributed by atoms with Gasteiger partial charge >= 0.3 is 0 Å². The summed E-state index contributed by atoms with van der Waals surface area (Å²) >= 11 is 0. The highest BCUT2D eigenvalue weighted by Crippen LogP contribution is 2.49. The monoisotopic (exact) mass is 505 g/mol. The number of nitro groups is 1. The lowest BCUT2D eigenvalue weighted by molar-refractivity contribution is -0.384. The van der Waals surface area contributed by atoms with Crippen LogP contribution in [0.4, 0.5) is 11.6 Å². The molecule has 2 aliphatic rings. The Morgan fingerprint density at radius 2 is 1.68 bits per heavy atom. The number of hydrogen-bond donors (Lipinski definition) is 1. The van der Waals surface area contributed by atoms with E-state index in [4.69, 9.17) is 24.3 Å². The lowest BCUT2D eigenvalue weighted by Crippen LogP contribution is -2.36. The largest absolute Gasteiger partial charge is 0.496 e. The van der Waals surface area contributed by atoms with Gasteiger partial charge in [-0.15, -0.1) is 5.10 Å². The molecular formula is C26H27N5O6. The normalized spacial score (nSPS) is 18.0. The average molecular weight is 506 g/mol. The number of rotatable bonds is 6. The fraction of sp³-hybridized carbons (Fsp3) is 0.346. The molecule has 11 heteroatoms. The lowest BCUT2D eigenvalue weighted by Gasteiger charge is -2.38. The molecule has 0 fully saturated rings. The second-order valence-corrected chi connectivity index (χ2v) is 9.82. The molecule has 0 bridgehead atoms. The molecule has 0 spiro atoms. The first-order valence-corrected chi connectivity index (χ1v) is 11.7. The molecule has 0 radical (unpaired) electrons. The number of aromatic nitrogens is 3. The fourth-order valence-electron chi connectivity index (χ4n) is 5.02. The molecule has 2 aromatic carbocycles. The summed E-state index contributed by atoms with van der Waals surface area (Å²) in [5, 5.41) is 19.2. The third kappa shape index (κ3) is 4.15. The molecule has 3 aromatic rings. The summed E-state index contributed by atoms with van der Waals surface area (Å²) in [6, 6.07) is 8.91. The molecule has 1 N–H and O–H groups in total. The van der Waals surface area contributed by atoms with E-state index >= 15 is 0 Å². The Bertz CT molecular complexity index is 1440. The highest BCUT2D eigenvalue weighted by molar-refractivity contribution is 6.00. The molecule has 2 heterocycles. The maximum Gasteiger partial charge on any atom is 0.269 e. The number of ketones is 1. The van der Waals surface area contributed by atoms with E-state index in [9.17, 15) is 14.9 Å². The number of allylic oxidation sites excluding steroid dienone is 2. The molecule has 1 aromatic heterocycles. The molecule has 192 valence electrons. The maximum absolute atomic E-state index is 13.6. The van der Waals surface area contributed by atoms with Crippen LogP contribution in [-0.4, -0.2) is 46.8 Å². The number of non-ortho nitro benzene ring substituents is 1. The van der Waals surface area contributed by atoms with Crippen molar-refractivity contribution in [3.8, 4) is 28.6 Å². The van der Waals surface area contributed by atoms with Crippen LogP contribution in [0, 0.1) is 15.5 Å². The second kappa shape index (κ2) is 8.91. The summed E-state index contributed by atoms with van der Waals surface area (Å²) in [5.74, 6) is 2.33. The van der Waals surface area contributed by atoms with Crippen LogP contribution in [0.1, 0.15) is 38.3 Å².